The molecule has 0 aliphatic carbocycles. The highest BCUT2D eigenvalue weighted by Crippen LogP contribution is 2.47. The van der Waals surface area contributed by atoms with Gasteiger partial charge in [0, 0.05) is 34.1 Å². The van der Waals surface area contributed by atoms with Gasteiger partial charge in [-0.2, -0.15) is 0 Å². The monoisotopic (exact) mass is 932 g/mol. The van der Waals surface area contributed by atoms with E-state index in [0.29, 0.717) is 0 Å². The van der Waals surface area contributed by atoms with Gasteiger partial charge in [-0.05, 0) is 180 Å². The zero-order valence-corrected chi connectivity index (χ0v) is 40.7. The average molecular weight is 933 g/mol. The summed E-state index contributed by atoms with van der Waals surface area (Å²) in [5, 5.41) is 7.29. The van der Waals surface area contributed by atoms with E-state index in [1.165, 1.54) is 65.7 Å². The summed E-state index contributed by atoms with van der Waals surface area (Å²) >= 11 is 0. The van der Waals surface area contributed by atoms with E-state index in [2.05, 4.69) is 314 Å². The molecule has 73 heavy (non-hydrogen) atoms. The van der Waals surface area contributed by atoms with Gasteiger partial charge in [0.05, 0.1) is 0 Å². The van der Waals surface area contributed by atoms with Crippen molar-refractivity contribution in [2.45, 2.75) is 6.92 Å². The molecule has 12 aromatic rings. The molecule has 0 aliphatic heterocycles. The minimum Gasteiger partial charge on any atom is -0.310 e. The molecule has 0 aromatic heterocycles. The van der Waals surface area contributed by atoms with E-state index in [-0.39, 0.29) is 0 Å². The van der Waals surface area contributed by atoms with Crippen LogP contribution in [0.5, 0.6) is 0 Å². The minimum atomic E-state index is 1.09. The molecule has 2 heteroatoms. The predicted molar refractivity (Wildman–Crippen MR) is 314 cm³/mol. The highest BCUT2D eigenvalue weighted by Gasteiger charge is 2.21. The molecule has 12 aromatic carbocycles. The van der Waals surface area contributed by atoms with Crippen LogP contribution in [0, 0.1) is 0 Å². The highest BCUT2D eigenvalue weighted by atomic mass is 15.1. The molecule has 346 valence electrons. The van der Waals surface area contributed by atoms with Gasteiger partial charge in [-0.25, -0.2) is 0 Å². The third-order valence-corrected chi connectivity index (χ3v) is 13.9. The van der Waals surface area contributed by atoms with Gasteiger partial charge in [0.25, 0.3) is 0 Å². The molecule has 0 saturated heterocycles. The number of anilines is 6. The number of hydrogen-bond donors (Lipinski definition) is 0. The van der Waals surface area contributed by atoms with Crippen LogP contribution in [0.4, 0.5) is 34.1 Å². The lowest BCUT2D eigenvalue weighted by Gasteiger charge is -2.27. The van der Waals surface area contributed by atoms with Crippen LogP contribution in [0.25, 0.3) is 77.3 Å². The van der Waals surface area contributed by atoms with Crippen molar-refractivity contribution in [2.24, 2.45) is 0 Å². The summed E-state index contributed by atoms with van der Waals surface area (Å²) in [6, 6.07) is 101. The van der Waals surface area contributed by atoms with Gasteiger partial charge in [0.15, 0.2) is 0 Å². The van der Waals surface area contributed by atoms with Crippen molar-refractivity contribution in [2.75, 3.05) is 9.80 Å². The second-order valence-corrected chi connectivity index (χ2v) is 18.6. The van der Waals surface area contributed by atoms with Gasteiger partial charge in [0.1, 0.15) is 0 Å². The molecule has 0 bridgehead atoms. The molecule has 0 aliphatic rings. The van der Waals surface area contributed by atoms with E-state index in [1.54, 1.807) is 0 Å². The normalized spacial score (nSPS) is 11.7. The molecule has 0 unspecified atom stereocenters. The smallest absolute Gasteiger partial charge is 0.0467 e. The Hall–Kier alpha value is -9.50. The molecule has 0 amide bonds. The van der Waals surface area contributed by atoms with Crippen LogP contribution in [0.15, 0.2) is 291 Å². The zero-order chi connectivity index (χ0) is 48.9. The van der Waals surface area contributed by atoms with Crippen molar-refractivity contribution in [3.8, 4) is 33.4 Å². The summed E-state index contributed by atoms with van der Waals surface area (Å²) in [6.45, 7) is 2.20. The summed E-state index contributed by atoms with van der Waals surface area (Å²) < 4.78 is 0. The van der Waals surface area contributed by atoms with Crippen LogP contribution in [-0.4, -0.2) is 0 Å². The number of para-hydroxylation sites is 4. The van der Waals surface area contributed by atoms with Gasteiger partial charge >= 0.3 is 0 Å². The second-order valence-electron chi connectivity index (χ2n) is 18.6. The standard InChI is InChI=1S/C71H52N2/c1-51(22-18-23-52-42-43-53-24-14-15-25-55(53)46-52)54-26-19-27-56(47-54)57-44-45-68-69(50-57)71(59-29-21-39-65(49-59)73(62-34-10-4-11-35-62)63-36-12-5-13-37-63)67-41-17-16-40-66(67)70(68)58-28-20-38-64(48-58)72(60-30-6-2-7-31-60)61-32-8-3-9-33-61/h2-50H,1H3/b23-18+,51-22+. The molecule has 0 radical (unpaired) electrons. The maximum absolute atomic E-state index is 2.43. The molecule has 0 heterocycles. The Morgan fingerprint density at radius 2 is 0.740 bits per heavy atom. The molecule has 0 atom stereocenters. The van der Waals surface area contributed by atoms with Crippen LogP contribution in [0.1, 0.15) is 18.1 Å². The Morgan fingerprint density at radius 1 is 0.301 bits per heavy atom. The van der Waals surface area contributed by atoms with Crippen molar-refractivity contribution in [1.29, 1.82) is 0 Å². The molecule has 0 fully saturated rings. The van der Waals surface area contributed by atoms with Gasteiger partial charge in [-0.3, -0.25) is 0 Å². The Bertz CT molecular complexity index is 3890. The number of hydrogen-bond acceptors (Lipinski definition) is 2. The van der Waals surface area contributed by atoms with Gasteiger partial charge in [-0.15, -0.1) is 0 Å². The summed E-state index contributed by atoms with van der Waals surface area (Å²) in [6.07, 6.45) is 6.58. The summed E-state index contributed by atoms with van der Waals surface area (Å²) in [5.41, 5.74) is 17.2. The Morgan fingerprint density at radius 3 is 1.30 bits per heavy atom. The number of fused-ring (bicyclic) bond motifs is 3. The quantitative estimate of drug-likeness (QED) is 0.0890. The molecule has 0 saturated carbocycles. The lowest BCUT2D eigenvalue weighted by molar-refractivity contribution is 1.28. The van der Waals surface area contributed by atoms with Crippen molar-refractivity contribution < 1.29 is 0 Å². The van der Waals surface area contributed by atoms with Crippen LogP contribution < -0.4 is 9.80 Å². The third kappa shape index (κ3) is 9.11. The molecular weight excluding hydrogens is 881 g/mol. The van der Waals surface area contributed by atoms with Crippen molar-refractivity contribution in [3.63, 3.8) is 0 Å². The minimum absolute atomic E-state index is 1.09. The Labute approximate surface area is 428 Å². The van der Waals surface area contributed by atoms with Crippen LogP contribution >= 0.6 is 0 Å². The topological polar surface area (TPSA) is 6.48 Å². The van der Waals surface area contributed by atoms with Crippen molar-refractivity contribution in [1.82, 2.24) is 0 Å². The van der Waals surface area contributed by atoms with Crippen molar-refractivity contribution >= 4 is 78.1 Å². The fourth-order valence-electron chi connectivity index (χ4n) is 10.4. The van der Waals surface area contributed by atoms with E-state index in [4.69, 9.17) is 0 Å². The first kappa shape index (κ1) is 44.7. The number of allylic oxidation sites excluding steroid dienone is 3. The fourth-order valence-corrected chi connectivity index (χ4v) is 10.4. The second kappa shape index (κ2) is 20.1. The molecule has 0 spiro atoms. The zero-order valence-electron chi connectivity index (χ0n) is 40.7. The van der Waals surface area contributed by atoms with E-state index >= 15 is 0 Å². The first-order chi connectivity index (χ1) is 36.1. The van der Waals surface area contributed by atoms with Crippen LogP contribution in [0.3, 0.4) is 0 Å². The lowest BCUT2D eigenvalue weighted by atomic mass is 9.84. The van der Waals surface area contributed by atoms with Gasteiger partial charge in [-0.1, -0.05) is 206 Å². The SMILES string of the molecule is C/C(=C\C=C\c1ccc2ccccc2c1)c1cccc(-c2ccc3c(-c4cccc(N(c5ccccc5)c5ccccc5)c4)c4ccccc4c(-c4cccc(N(c5ccccc5)c5ccccc5)c4)c3c2)c1. The summed E-state index contributed by atoms with van der Waals surface area (Å²) in [7, 11) is 0. The average Bonchev–Trinajstić information content (AvgIpc) is 3.46. The lowest BCUT2D eigenvalue weighted by Crippen LogP contribution is -2.09. The molecule has 2 nitrogen and oxygen atoms in total. The van der Waals surface area contributed by atoms with Gasteiger partial charge in [0.2, 0.25) is 0 Å². The van der Waals surface area contributed by atoms with Crippen LogP contribution in [0.2, 0.25) is 0 Å². The molecule has 12 rings (SSSR count). The van der Waals surface area contributed by atoms with Crippen LogP contribution in [-0.2, 0) is 0 Å². The Kier molecular flexibility index (Phi) is 12.3. The maximum Gasteiger partial charge on any atom is 0.0467 e. The maximum atomic E-state index is 2.43. The number of nitrogens with zero attached hydrogens (tertiary/aromatic N) is 2. The van der Waals surface area contributed by atoms with Crippen molar-refractivity contribution in [3.05, 3.63) is 302 Å². The van der Waals surface area contributed by atoms with E-state index in [9.17, 15) is 0 Å². The highest BCUT2D eigenvalue weighted by molar-refractivity contribution is 6.22. The number of benzene rings is 12. The predicted octanol–water partition coefficient (Wildman–Crippen LogP) is 20.2. The first-order valence-electron chi connectivity index (χ1n) is 25.1. The van der Waals surface area contributed by atoms with E-state index < -0.39 is 0 Å². The first-order valence-corrected chi connectivity index (χ1v) is 25.1. The molecule has 0 N–H and O–H groups in total. The largest absolute Gasteiger partial charge is 0.310 e. The Balaban J connectivity index is 1.03. The van der Waals surface area contributed by atoms with E-state index in [0.717, 1.165) is 50.8 Å². The third-order valence-electron chi connectivity index (χ3n) is 13.9. The fraction of sp³-hybridized carbons (Fsp3) is 0.0141. The summed E-state index contributed by atoms with van der Waals surface area (Å²) in [4.78, 5) is 4.70. The van der Waals surface area contributed by atoms with Gasteiger partial charge < -0.3 is 9.80 Å². The summed E-state index contributed by atoms with van der Waals surface area (Å²) in [5.74, 6) is 0. The number of rotatable bonds is 12. The molecular formula is C71H52N2. The van der Waals surface area contributed by atoms with E-state index in [1.807, 2.05) is 0 Å².